The molecule has 0 atom stereocenters. The topological polar surface area (TPSA) is 33.2 Å². The number of hydrogen-bond acceptors (Lipinski definition) is 3. The molecule has 3 heteroatoms. The van der Waals surface area contributed by atoms with E-state index >= 15 is 0 Å². The van der Waals surface area contributed by atoms with Gasteiger partial charge in [0.2, 0.25) is 0 Å². The quantitative estimate of drug-likeness (QED) is 0.824. The first-order valence-electron chi connectivity index (χ1n) is 6.45. The number of pyridine rings is 1. The standard InChI is InChI=1S/C16H16N2O/c1-18(2)16-14(4-3-9-17-16)12-5-7-13-11(10-12)6-8-15(13)19/h3-5,7,9-10H,6,8H2,1-2H3. The summed E-state index contributed by atoms with van der Waals surface area (Å²) in [5, 5.41) is 0. The van der Waals surface area contributed by atoms with E-state index in [4.69, 9.17) is 0 Å². The summed E-state index contributed by atoms with van der Waals surface area (Å²) in [7, 11) is 3.98. The van der Waals surface area contributed by atoms with Crippen molar-refractivity contribution in [3.8, 4) is 11.1 Å². The molecule has 19 heavy (non-hydrogen) atoms. The smallest absolute Gasteiger partial charge is 0.163 e. The first kappa shape index (κ1) is 11.9. The summed E-state index contributed by atoms with van der Waals surface area (Å²) in [4.78, 5) is 18.1. The van der Waals surface area contributed by atoms with Gasteiger partial charge in [-0.3, -0.25) is 4.79 Å². The molecule has 0 aliphatic heterocycles. The van der Waals surface area contributed by atoms with Gasteiger partial charge in [-0.15, -0.1) is 0 Å². The van der Waals surface area contributed by atoms with E-state index in [1.165, 1.54) is 0 Å². The lowest BCUT2D eigenvalue weighted by Gasteiger charge is -2.16. The van der Waals surface area contributed by atoms with E-state index in [-0.39, 0.29) is 5.78 Å². The molecular formula is C16H16N2O. The molecule has 1 aromatic carbocycles. The summed E-state index contributed by atoms with van der Waals surface area (Å²) >= 11 is 0. The Hall–Kier alpha value is -2.16. The minimum absolute atomic E-state index is 0.264. The molecule has 2 aromatic rings. The minimum Gasteiger partial charge on any atom is -0.362 e. The van der Waals surface area contributed by atoms with Crippen LogP contribution in [-0.2, 0) is 6.42 Å². The Morgan fingerprint density at radius 1 is 1.11 bits per heavy atom. The third-order valence-corrected chi connectivity index (χ3v) is 3.55. The molecule has 0 unspecified atom stereocenters. The molecule has 0 saturated carbocycles. The Morgan fingerprint density at radius 3 is 2.74 bits per heavy atom. The van der Waals surface area contributed by atoms with Crippen molar-refractivity contribution in [2.75, 3.05) is 19.0 Å². The van der Waals surface area contributed by atoms with Crippen LogP contribution in [0.5, 0.6) is 0 Å². The fourth-order valence-electron chi connectivity index (χ4n) is 2.60. The van der Waals surface area contributed by atoms with Crippen molar-refractivity contribution in [3.63, 3.8) is 0 Å². The van der Waals surface area contributed by atoms with Crippen molar-refractivity contribution >= 4 is 11.6 Å². The molecule has 0 spiro atoms. The zero-order chi connectivity index (χ0) is 13.4. The molecule has 0 saturated heterocycles. The molecule has 3 rings (SSSR count). The summed E-state index contributed by atoms with van der Waals surface area (Å²) in [6, 6.07) is 10.1. The average molecular weight is 252 g/mol. The number of anilines is 1. The van der Waals surface area contributed by atoms with Crippen molar-refractivity contribution < 1.29 is 4.79 Å². The minimum atomic E-state index is 0.264. The zero-order valence-electron chi connectivity index (χ0n) is 11.2. The van der Waals surface area contributed by atoms with Gasteiger partial charge in [-0.2, -0.15) is 0 Å². The van der Waals surface area contributed by atoms with E-state index in [1.54, 1.807) is 6.20 Å². The monoisotopic (exact) mass is 252 g/mol. The van der Waals surface area contributed by atoms with Gasteiger partial charge < -0.3 is 4.90 Å². The molecule has 1 aliphatic carbocycles. The Bertz CT molecular complexity index is 647. The van der Waals surface area contributed by atoms with Gasteiger partial charge >= 0.3 is 0 Å². The highest BCUT2D eigenvalue weighted by molar-refractivity contribution is 6.01. The third-order valence-electron chi connectivity index (χ3n) is 3.55. The van der Waals surface area contributed by atoms with Crippen LogP contribution in [0.2, 0.25) is 0 Å². The largest absolute Gasteiger partial charge is 0.362 e. The number of hydrogen-bond donors (Lipinski definition) is 0. The number of carbonyl (C=O) groups excluding carboxylic acids is 1. The van der Waals surface area contributed by atoms with Gasteiger partial charge in [0.25, 0.3) is 0 Å². The maximum Gasteiger partial charge on any atom is 0.163 e. The summed E-state index contributed by atoms with van der Waals surface area (Å²) in [5.74, 6) is 1.22. The van der Waals surface area contributed by atoms with Gasteiger partial charge in [0, 0.05) is 37.8 Å². The summed E-state index contributed by atoms with van der Waals surface area (Å²) in [5.41, 5.74) is 4.29. The Balaban J connectivity index is 2.11. The van der Waals surface area contributed by atoms with Crippen LogP contribution in [-0.4, -0.2) is 24.9 Å². The van der Waals surface area contributed by atoms with Crippen molar-refractivity contribution in [1.82, 2.24) is 4.98 Å². The molecular weight excluding hydrogens is 236 g/mol. The molecule has 96 valence electrons. The Kier molecular flexibility index (Phi) is 2.82. The Labute approximate surface area is 112 Å². The lowest BCUT2D eigenvalue weighted by molar-refractivity contribution is 0.0994. The van der Waals surface area contributed by atoms with Gasteiger partial charge in [0.1, 0.15) is 5.82 Å². The first-order valence-corrected chi connectivity index (χ1v) is 6.45. The van der Waals surface area contributed by atoms with Crippen LogP contribution in [0.4, 0.5) is 5.82 Å². The SMILES string of the molecule is CN(C)c1ncccc1-c1ccc2c(c1)CCC2=O. The normalized spacial score (nSPS) is 13.5. The Morgan fingerprint density at radius 2 is 1.95 bits per heavy atom. The summed E-state index contributed by atoms with van der Waals surface area (Å²) in [6.45, 7) is 0. The van der Waals surface area contributed by atoms with Crippen LogP contribution in [0.3, 0.4) is 0 Å². The lowest BCUT2D eigenvalue weighted by Crippen LogP contribution is -2.11. The van der Waals surface area contributed by atoms with Crippen LogP contribution in [0, 0.1) is 0 Å². The van der Waals surface area contributed by atoms with Gasteiger partial charge in [-0.1, -0.05) is 18.2 Å². The highest BCUT2D eigenvalue weighted by atomic mass is 16.1. The number of carbonyl (C=O) groups is 1. The van der Waals surface area contributed by atoms with E-state index in [2.05, 4.69) is 17.1 Å². The zero-order valence-corrected chi connectivity index (χ0v) is 11.2. The molecule has 0 fully saturated rings. The van der Waals surface area contributed by atoms with Crippen LogP contribution in [0.15, 0.2) is 36.5 Å². The van der Waals surface area contributed by atoms with Gasteiger partial charge in [0.15, 0.2) is 5.78 Å². The highest BCUT2D eigenvalue weighted by Gasteiger charge is 2.20. The first-order chi connectivity index (χ1) is 9.16. The molecule has 0 radical (unpaired) electrons. The van der Waals surface area contributed by atoms with Crippen molar-refractivity contribution in [3.05, 3.63) is 47.7 Å². The van der Waals surface area contributed by atoms with Crippen LogP contribution < -0.4 is 4.90 Å². The van der Waals surface area contributed by atoms with Crippen LogP contribution >= 0.6 is 0 Å². The predicted octanol–water partition coefficient (Wildman–Crippen LogP) is 2.94. The van der Waals surface area contributed by atoms with Crippen LogP contribution in [0.1, 0.15) is 22.3 Å². The van der Waals surface area contributed by atoms with Gasteiger partial charge in [0.05, 0.1) is 0 Å². The number of rotatable bonds is 2. The average Bonchev–Trinajstić information content (AvgIpc) is 2.80. The van der Waals surface area contributed by atoms with E-state index in [1.807, 2.05) is 37.2 Å². The van der Waals surface area contributed by atoms with Gasteiger partial charge in [-0.05, 0) is 29.7 Å². The maximum absolute atomic E-state index is 11.7. The molecule has 1 aromatic heterocycles. The highest BCUT2D eigenvalue weighted by Crippen LogP contribution is 2.31. The summed E-state index contributed by atoms with van der Waals surface area (Å²) in [6.07, 6.45) is 3.31. The van der Waals surface area contributed by atoms with Crippen molar-refractivity contribution in [1.29, 1.82) is 0 Å². The number of fused-ring (bicyclic) bond motifs is 1. The molecule has 1 heterocycles. The third kappa shape index (κ3) is 2.01. The van der Waals surface area contributed by atoms with Crippen molar-refractivity contribution in [2.45, 2.75) is 12.8 Å². The van der Waals surface area contributed by atoms with Crippen LogP contribution in [0.25, 0.3) is 11.1 Å². The van der Waals surface area contributed by atoms with E-state index in [9.17, 15) is 4.79 Å². The van der Waals surface area contributed by atoms with E-state index in [0.29, 0.717) is 6.42 Å². The number of benzene rings is 1. The van der Waals surface area contributed by atoms with E-state index < -0.39 is 0 Å². The predicted molar refractivity (Wildman–Crippen MR) is 76.7 cm³/mol. The molecule has 1 aliphatic rings. The second kappa shape index (κ2) is 4.50. The molecule has 3 nitrogen and oxygen atoms in total. The molecule has 0 bridgehead atoms. The molecule has 0 amide bonds. The summed E-state index contributed by atoms with van der Waals surface area (Å²) < 4.78 is 0. The number of nitrogens with zero attached hydrogens (tertiary/aromatic N) is 2. The fourth-order valence-corrected chi connectivity index (χ4v) is 2.60. The number of aryl methyl sites for hydroxylation is 1. The number of Topliss-reactive ketones (excluding diaryl/α,β-unsaturated/α-hetero) is 1. The van der Waals surface area contributed by atoms with Gasteiger partial charge in [-0.25, -0.2) is 4.98 Å². The van der Waals surface area contributed by atoms with E-state index in [0.717, 1.165) is 34.5 Å². The maximum atomic E-state index is 11.7. The second-order valence-corrected chi connectivity index (χ2v) is 5.06. The number of aromatic nitrogens is 1. The number of ketones is 1. The molecule has 0 N–H and O–H groups in total. The second-order valence-electron chi connectivity index (χ2n) is 5.06. The van der Waals surface area contributed by atoms with Crippen molar-refractivity contribution in [2.24, 2.45) is 0 Å². The lowest BCUT2D eigenvalue weighted by atomic mass is 10.0. The fraction of sp³-hybridized carbons (Fsp3) is 0.250.